The summed E-state index contributed by atoms with van der Waals surface area (Å²) in [4.78, 5) is 16.0. The average molecular weight is 549 g/mol. The largest absolute Gasteiger partial charge is 0.516 e. The molecule has 0 radical (unpaired) electrons. The van der Waals surface area contributed by atoms with E-state index < -0.39 is 38.9 Å². The van der Waals surface area contributed by atoms with Gasteiger partial charge in [0.2, 0.25) is 5.89 Å². The number of aromatic nitrogens is 2. The van der Waals surface area contributed by atoms with E-state index in [4.69, 9.17) is 4.42 Å². The van der Waals surface area contributed by atoms with Gasteiger partial charge in [0.15, 0.2) is 0 Å². The van der Waals surface area contributed by atoms with Crippen LogP contribution in [-0.4, -0.2) is 61.1 Å². The molecule has 1 amide bonds. The van der Waals surface area contributed by atoms with E-state index in [2.05, 4.69) is 10.2 Å². The van der Waals surface area contributed by atoms with Gasteiger partial charge < -0.3 is 14.2 Å². The number of alkyl halides is 6. The molecule has 2 heterocycles. The van der Waals surface area contributed by atoms with Crippen LogP contribution in [0.4, 0.5) is 37.7 Å². The van der Waals surface area contributed by atoms with Crippen LogP contribution in [0.5, 0.6) is 0 Å². The van der Waals surface area contributed by atoms with Crippen LogP contribution >= 0.6 is 0 Å². The summed E-state index contributed by atoms with van der Waals surface area (Å²) in [6, 6.07) is 9.43. The van der Waals surface area contributed by atoms with Crippen molar-refractivity contribution < 1.29 is 44.0 Å². The number of carbonyl (C=O) groups is 1. The smallest absolute Gasteiger partial charge is 0.412 e. The van der Waals surface area contributed by atoms with Gasteiger partial charge >= 0.3 is 33.5 Å². The summed E-state index contributed by atoms with van der Waals surface area (Å²) in [5, 5.41) is 7.39. The molecule has 1 aliphatic rings. The quantitative estimate of drug-likeness (QED) is 0.480. The number of sulfonamides is 1. The maximum absolute atomic E-state index is 12.8. The van der Waals surface area contributed by atoms with Crippen molar-refractivity contribution in [2.75, 3.05) is 35.8 Å². The van der Waals surface area contributed by atoms with Crippen molar-refractivity contribution in [2.24, 2.45) is 0 Å². The maximum Gasteiger partial charge on any atom is 0.516 e. The van der Waals surface area contributed by atoms with Gasteiger partial charge in [-0.2, -0.15) is 34.8 Å². The minimum absolute atomic E-state index is 0.0704. The zero-order valence-electron chi connectivity index (χ0n) is 18.5. The molecule has 1 fully saturated rings. The summed E-state index contributed by atoms with van der Waals surface area (Å²) in [7, 11) is -5.64. The molecule has 0 saturated carbocycles. The standard InChI is InChI=1S/C21H17F6N5O4S/c22-20(23,24)14-4-6-16(7-5-14)31-8-10-32(11-9-31)19(33)18-29-28-17(36-18)13-2-1-3-15(12-13)30-37(34,35)21(25,26)27/h1-7,12,30H,8-11H2. The first-order valence-electron chi connectivity index (χ1n) is 10.5. The van der Waals surface area contributed by atoms with E-state index in [0.29, 0.717) is 18.8 Å². The van der Waals surface area contributed by atoms with E-state index in [1.807, 2.05) is 4.90 Å². The topological polar surface area (TPSA) is 109 Å². The molecule has 198 valence electrons. The predicted molar refractivity (Wildman–Crippen MR) is 118 cm³/mol. The van der Waals surface area contributed by atoms with E-state index in [1.165, 1.54) is 33.9 Å². The van der Waals surface area contributed by atoms with Gasteiger partial charge in [-0.25, -0.2) is 0 Å². The van der Waals surface area contributed by atoms with Crippen LogP contribution in [0.25, 0.3) is 11.5 Å². The van der Waals surface area contributed by atoms with Crippen LogP contribution in [-0.2, 0) is 16.2 Å². The lowest BCUT2D eigenvalue weighted by molar-refractivity contribution is -0.137. The van der Waals surface area contributed by atoms with Gasteiger partial charge in [0.25, 0.3) is 0 Å². The molecule has 37 heavy (non-hydrogen) atoms. The second-order valence-electron chi connectivity index (χ2n) is 7.87. The number of piperazine rings is 1. The van der Waals surface area contributed by atoms with Crippen molar-refractivity contribution in [3.8, 4) is 11.5 Å². The fraction of sp³-hybridized carbons (Fsp3) is 0.286. The molecule has 3 aromatic rings. The molecule has 0 aliphatic carbocycles. The van der Waals surface area contributed by atoms with Crippen molar-refractivity contribution in [3.05, 3.63) is 60.0 Å². The minimum atomic E-state index is -5.64. The molecular formula is C21H17F6N5O4S. The molecule has 9 nitrogen and oxygen atoms in total. The molecule has 4 rings (SSSR count). The number of rotatable bonds is 5. The zero-order chi connectivity index (χ0) is 27.0. The number of carbonyl (C=O) groups excluding carboxylic acids is 1. The van der Waals surface area contributed by atoms with E-state index in [-0.39, 0.29) is 30.4 Å². The normalized spacial score (nSPS) is 15.1. The first-order chi connectivity index (χ1) is 17.2. The molecule has 1 N–H and O–H groups in total. The zero-order valence-corrected chi connectivity index (χ0v) is 19.4. The van der Waals surface area contributed by atoms with E-state index >= 15 is 0 Å². The first-order valence-corrected chi connectivity index (χ1v) is 12.0. The Balaban J connectivity index is 1.40. The lowest BCUT2D eigenvalue weighted by Gasteiger charge is -2.35. The van der Waals surface area contributed by atoms with E-state index in [0.717, 1.165) is 24.3 Å². The van der Waals surface area contributed by atoms with Crippen molar-refractivity contribution in [2.45, 2.75) is 11.7 Å². The van der Waals surface area contributed by atoms with Crippen molar-refractivity contribution in [1.29, 1.82) is 0 Å². The van der Waals surface area contributed by atoms with Crippen LogP contribution in [0.2, 0.25) is 0 Å². The van der Waals surface area contributed by atoms with Gasteiger partial charge in [0.1, 0.15) is 0 Å². The minimum Gasteiger partial charge on any atom is -0.412 e. The van der Waals surface area contributed by atoms with Gasteiger partial charge in [-0.3, -0.25) is 9.52 Å². The molecule has 0 atom stereocenters. The second-order valence-corrected chi connectivity index (χ2v) is 9.54. The number of anilines is 2. The highest BCUT2D eigenvalue weighted by molar-refractivity contribution is 7.93. The Morgan fingerprint density at radius 2 is 1.57 bits per heavy atom. The monoisotopic (exact) mass is 549 g/mol. The third-order valence-corrected chi connectivity index (χ3v) is 6.51. The first kappa shape index (κ1) is 26.2. The highest BCUT2D eigenvalue weighted by Crippen LogP contribution is 2.31. The van der Waals surface area contributed by atoms with Crippen LogP contribution in [0.1, 0.15) is 16.2 Å². The number of hydrogen-bond acceptors (Lipinski definition) is 7. The molecule has 0 spiro atoms. The molecular weight excluding hydrogens is 532 g/mol. The SMILES string of the molecule is O=C(c1nnc(-c2cccc(NS(=O)(=O)C(F)(F)F)c2)o1)N1CCN(c2ccc(C(F)(F)F)cc2)CC1. The summed E-state index contributed by atoms with van der Waals surface area (Å²) in [6.45, 7) is 1.09. The van der Waals surface area contributed by atoms with Gasteiger partial charge in [-0.15, -0.1) is 10.2 Å². The molecule has 1 aliphatic heterocycles. The highest BCUT2D eigenvalue weighted by atomic mass is 32.2. The number of nitrogens with zero attached hydrogens (tertiary/aromatic N) is 4. The number of benzene rings is 2. The lowest BCUT2D eigenvalue weighted by Crippen LogP contribution is -2.48. The van der Waals surface area contributed by atoms with Gasteiger partial charge in [-0.05, 0) is 42.5 Å². The van der Waals surface area contributed by atoms with Gasteiger partial charge in [0.05, 0.1) is 5.56 Å². The summed E-state index contributed by atoms with van der Waals surface area (Å²) in [6.07, 6.45) is -4.44. The number of nitrogens with one attached hydrogen (secondary N) is 1. The Bertz CT molecular complexity index is 1380. The third-order valence-electron chi connectivity index (χ3n) is 5.40. The van der Waals surface area contributed by atoms with Gasteiger partial charge in [-0.1, -0.05) is 6.07 Å². The van der Waals surface area contributed by atoms with Crippen LogP contribution in [0, 0.1) is 0 Å². The molecule has 0 bridgehead atoms. The number of hydrogen-bond donors (Lipinski definition) is 1. The van der Waals surface area contributed by atoms with Crippen molar-refractivity contribution in [1.82, 2.24) is 15.1 Å². The van der Waals surface area contributed by atoms with Crippen molar-refractivity contribution in [3.63, 3.8) is 0 Å². The van der Waals surface area contributed by atoms with Crippen LogP contribution in [0.15, 0.2) is 52.9 Å². The maximum atomic E-state index is 12.8. The summed E-state index contributed by atoms with van der Waals surface area (Å²) in [5.41, 5.74) is -6.04. The lowest BCUT2D eigenvalue weighted by atomic mass is 10.1. The highest BCUT2D eigenvalue weighted by Gasteiger charge is 2.46. The van der Waals surface area contributed by atoms with E-state index in [1.54, 1.807) is 0 Å². The summed E-state index contributed by atoms with van der Waals surface area (Å²) in [5.74, 6) is -1.22. The van der Waals surface area contributed by atoms with Crippen LogP contribution in [0.3, 0.4) is 0 Å². The fourth-order valence-corrected chi connectivity index (χ4v) is 4.07. The Morgan fingerprint density at radius 1 is 0.919 bits per heavy atom. The second kappa shape index (κ2) is 9.57. The molecule has 2 aromatic carbocycles. The molecule has 1 saturated heterocycles. The molecule has 16 heteroatoms. The van der Waals surface area contributed by atoms with E-state index in [9.17, 15) is 39.6 Å². The summed E-state index contributed by atoms with van der Waals surface area (Å²) >= 11 is 0. The Hall–Kier alpha value is -3.82. The Kier molecular flexibility index (Phi) is 6.79. The van der Waals surface area contributed by atoms with Crippen LogP contribution < -0.4 is 9.62 Å². The predicted octanol–water partition coefficient (Wildman–Crippen LogP) is 3.98. The summed E-state index contributed by atoms with van der Waals surface area (Å²) < 4.78 is 106. The third kappa shape index (κ3) is 5.79. The van der Waals surface area contributed by atoms with Crippen molar-refractivity contribution >= 4 is 27.3 Å². The number of halogens is 6. The average Bonchev–Trinajstić information content (AvgIpc) is 3.33. The Morgan fingerprint density at radius 3 is 2.16 bits per heavy atom. The van der Waals surface area contributed by atoms with Gasteiger partial charge in [0, 0.05) is 43.1 Å². The molecule has 1 aromatic heterocycles. The molecule has 0 unspecified atom stereocenters. The number of amides is 1. The fourth-order valence-electron chi connectivity index (χ4n) is 3.52. The Labute approximate surface area is 205 Å².